The maximum absolute atomic E-state index is 12.4. The summed E-state index contributed by atoms with van der Waals surface area (Å²) in [5, 5.41) is 3.58. The van der Waals surface area contributed by atoms with E-state index in [-0.39, 0.29) is 5.91 Å². The Hall–Kier alpha value is -1.09. The van der Waals surface area contributed by atoms with Crippen LogP contribution in [0.15, 0.2) is 12.1 Å². The summed E-state index contributed by atoms with van der Waals surface area (Å²) in [5.74, 6) is -0.0118. The Balaban J connectivity index is 2.01. The van der Waals surface area contributed by atoms with Gasteiger partial charge in [0, 0.05) is 17.3 Å². The summed E-state index contributed by atoms with van der Waals surface area (Å²) in [6.07, 6.45) is 10.4. The lowest BCUT2D eigenvalue weighted by molar-refractivity contribution is 0.0930. The molecular weight excluding hydrogens is 284 g/mol. The number of amides is 1. The zero-order valence-corrected chi connectivity index (χ0v) is 13.6. The topological polar surface area (TPSA) is 42.0 Å². The Morgan fingerprint density at radius 1 is 1.24 bits per heavy atom. The summed E-state index contributed by atoms with van der Waals surface area (Å²) in [4.78, 5) is 16.7. The van der Waals surface area contributed by atoms with Gasteiger partial charge < -0.3 is 5.32 Å². The van der Waals surface area contributed by atoms with Crippen molar-refractivity contribution in [1.82, 2.24) is 10.3 Å². The molecule has 1 aliphatic carbocycles. The van der Waals surface area contributed by atoms with E-state index in [1.165, 1.54) is 32.1 Å². The highest BCUT2D eigenvalue weighted by Gasteiger charge is 2.16. The van der Waals surface area contributed by atoms with E-state index in [1.807, 2.05) is 6.07 Å². The number of carbonyl (C=O) groups excluding carboxylic acids is 1. The first-order chi connectivity index (χ1) is 10.2. The van der Waals surface area contributed by atoms with E-state index < -0.39 is 0 Å². The lowest BCUT2D eigenvalue weighted by atomic mass is 9.96. The third-order valence-electron chi connectivity index (χ3n) is 4.06. The molecule has 1 fully saturated rings. The van der Waals surface area contributed by atoms with E-state index in [0.29, 0.717) is 16.8 Å². The van der Waals surface area contributed by atoms with Crippen molar-refractivity contribution in [1.29, 1.82) is 0 Å². The average Bonchev–Trinajstić information content (AvgIpc) is 2.41. The van der Waals surface area contributed by atoms with Crippen LogP contribution in [-0.2, 0) is 6.42 Å². The fourth-order valence-corrected chi connectivity index (χ4v) is 3.16. The van der Waals surface area contributed by atoms with Crippen LogP contribution < -0.4 is 5.32 Å². The van der Waals surface area contributed by atoms with Gasteiger partial charge in [-0.2, -0.15) is 0 Å². The van der Waals surface area contributed by atoms with Crippen molar-refractivity contribution in [2.75, 3.05) is 0 Å². The number of halogens is 1. The molecule has 0 unspecified atom stereocenters. The molecule has 3 nitrogen and oxygen atoms in total. The van der Waals surface area contributed by atoms with Crippen molar-refractivity contribution in [3.63, 3.8) is 0 Å². The Bertz CT molecular complexity index is 468. The number of nitrogens with one attached hydrogen (secondary N) is 1. The van der Waals surface area contributed by atoms with Crippen molar-refractivity contribution in [2.24, 2.45) is 0 Å². The number of hydrogen-bond donors (Lipinski definition) is 1. The van der Waals surface area contributed by atoms with Crippen LogP contribution in [-0.4, -0.2) is 16.9 Å². The third kappa shape index (κ3) is 5.31. The van der Waals surface area contributed by atoms with Gasteiger partial charge in [-0.25, -0.2) is 4.98 Å². The van der Waals surface area contributed by atoms with Gasteiger partial charge >= 0.3 is 0 Å². The average molecular weight is 309 g/mol. The molecule has 1 aliphatic rings. The van der Waals surface area contributed by atoms with Crippen LogP contribution in [0.1, 0.15) is 74.3 Å². The Labute approximate surface area is 132 Å². The van der Waals surface area contributed by atoms with E-state index in [0.717, 1.165) is 31.4 Å². The summed E-state index contributed by atoms with van der Waals surface area (Å²) in [6, 6.07) is 3.84. The SMILES string of the molecule is CCCc1cc(C(=O)NC2CCCCCCC2)cc(Cl)n1. The Morgan fingerprint density at radius 3 is 2.57 bits per heavy atom. The standard InChI is InChI=1S/C17H25ClN2O/c1-2-8-15-11-13(12-16(18)19-15)17(21)20-14-9-6-4-3-5-7-10-14/h11-12,14H,2-10H2,1H3,(H,20,21). The minimum Gasteiger partial charge on any atom is -0.349 e. The monoisotopic (exact) mass is 308 g/mol. The molecular formula is C17H25ClN2O. The number of aryl methyl sites for hydroxylation is 1. The molecule has 1 amide bonds. The number of pyridine rings is 1. The normalized spacial score (nSPS) is 17.0. The first kappa shape index (κ1) is 16.3. The van der Waals surface area contributed by atoms with Gasteiger partial charge in [0.15, 0.2) is 0 Å². The van der Waals surface area contributed by atoms with E-state index >= 15 is 0 Å². The van der Waals surface area contributed by atoms with Crippen molar-refractivity contribution in [2.45, 2.75) is 70.8 Å². The highest BCUT2D eigenvalue weighted by Crippen LogP contribution is 2.18. The molecule has 0 bridgehead atoms. The Kier molecular flexibility index (Phi) is 6.50. The van der Waals surface area contributed by atoms with Crippen LogP contribution in [0, 0.1) is 0 Å². The molecule has 0 aromatic carbocycles. The number of nitrogens with zero attached hydrogens (tertiary/aromatic N) is 1. The van der Waals surface area contributed by atoms with Crippen LogP contribution in [0.3, 0.4) is 0 Å². The minimum atomic E-state index is -0.0118. The number of hydrogen-bond acceptors (Lipinski definition) is 2. The largest absolute Gasteiger partial charge is 0.349 e. The van der Waals surface area contributed by atoms with Gasteiger partial charge in [0.25, 0.3) is 5.91 Å². The van der Waals surface area contributed by atoms with Gasteiger partial charge in [-0.15, -0.1) is 0 Å². The predicted octanol–water partition coefficient (Wildman–Crippen LogP) is 4.53. The van der Waals surface area contributed by atoms with Crippen molar-refractivity contribution < 1.29 is 4.79 Å². The first-order valence-corrected chi connectivity index (χ1v) is 8.54. The lowest BCUT2D eigenvalue weighted by Crippen LogP contribution is -2.35. The van der Waals surface area contributed by atoms with Gasteiger partial charge in [0.2, 0.25) is 0 Å². The fraction of sp³-hybridized carbons (Fsp3) is 0.647. The molecule has 116 valence electrons. The smallest absolute Gasteiger partial charge is 0.251 e. The van der Waals surface area contributed by atoms with Gasteiger partial charge in [0.05, 0.1) is 0 Å². The zero-order valence-electron chi connectivity index (χ0n) is 12.8. The van der Waals surface area contributed by atoms with Gasteiger partial charge in [-0.3, -0.25) is 4.79 Å². The van der Waals surface area contributed by atoms with Crippen molar-refractivity contribution in [3.8, 4) is 0 Å². The van der Waals surface area contributed by atoms with Gasteiger partial charge in [-0.1, -0.05) is 57.0 Å². The molecule has 21 heavy (non-hydrogen) atoms. The Morgan fingerprint density at radius 2 is 1.90 bits per heavy atom. The highest BCUT2D eigenvalue weighted by atomic mass is 35.5. The second kappa shape index (κ2) is 8.38. The molecule has 0 saturated heterocycles. The third-order valence-corrected chi connectivity index (χ3v) is 4.25. The number of aromatic nitrogens is 1. The molecule has 4 heteroatoms. The molecule has 0 atom stereocenters. The molecule has 1 aromatic rings. The maximum atomic E-state index is 12.4. The van der Waals surface area contributed by atoms with E-state index in [4.69, 9.17) is 11.6 Å². The summed E-state index contributed by atoms with van der Waals surface area (Å²) in [6.45, 7) is 2.09. The first-order valence-electron chi connectivity index (χ1n) is 8.16. The maximum Gasteiger partial charge on any atom is 0.251 e. The van der Waals surface area contributed by atoms with Crippen LogP contribution in [0.5, 0.6) is 0 Å². The van der Waals surface area contributed by atoms with Gasteiger partial charge in [0.1, 0.15) is 5.15 Å². The van der Waals surface area contributed by atoms with Crippen LogP contribution in [0.2, 0.25) is 5.15 Å². The molecule has 0 aliphatic heterocycles. The molecule has 1 aromatic heterocycles. The summed E-state index contributed by atoms with van der Waals surface area (Å²) in [7, 11) is 0. The number of rotatable bonds is 4. The van der Waals surface area contributed by atoms with Crippen LogP contribution >= 0.6 is 11.6 Å². The molecule has 2 rings (SSSR count). The molecule has 1 heterocycles. The van der Waals surface area contributed by atoms with Crippen molar-refractivity contribution in [3.05, 3.63) is 28.5 Å². The van der Waals surface area contributed by atoms with E-state index in [1.54, 1.807) is 6.07 Å². The minimum absolute atomic E-state index is 0.0118. The second-order valence-corrected chi connectivity index (χ2v) is 6.32. The lowest BCUT2D eigenvalue weighted by Gasteiger charge is -2.21. The number of carbonyl (C=O) groups is 1. The summed E-state index contributed by atoms with van der Waals surface area (Å²) >= 11 is 6.03. The molecule has 0 spiro atoms. The van der Waals surface area contributed by atoms with Crippen LogP contribution in [0.4, 0.5) is 0 Å². The zero-order chi connectivity index (χ0) is 15.1. The highest BCUT2D eigenvalue weighted by molar-refractivity contribution is 6.29. The fourth-order valence-electron chi connectivity index (χ4n) is 2.94. The molecule has 1 saturated carbocycles. The van der Waals surface area contributed by atoms with E-state index in [2.05, 4.69) is 17.2 Å². The molecule has 1 N–H and O–H groups in total. The summed E-state index contributed by atoms with van der Waals surface area (Å²) in [5.41, 5.74) is 1.54. The second-order valence-electron chi connectivity index (χ2n) is 5.94. The summed E-state index contributed by atoms with van der Waals surface area (Å²) < 4.78 is 0. The van der Waals surface area contributed by atoms with E-state index in [9.17, 15) is 4.79 Å². The quantitative estimate of drug-likeness (QED) is 0.830. The molecule has 0 radical (unpaired) electrons. The van der Waals surface area contributed by atoms with Crippen molar-refractivity contribution >= 4 is 17.5 Å². The van der Waals surface area contributed by atoms with Crippen LogP contribution in [0.25, 0.3) is 0 Å². The predicted molar refractivity (Wildman–Crippen MR) is 86.8 cm³/mol. The van der Waals surface area contributed by atoms with Gasteiger partial charge in [-0.05, 0) is 31.4 Å².